The van der Waals surface area contributed by atoms with E-state index in [4.69, 9.17) is 0 Å². The number of anilines is 1. The zero-order valence-corrected chi connectivity index (χ0v) is 17.6. The highest BCUT2D eigenvalue weighted by Gasteiger charge is 2.22. The third-order valence-electron chi connectivity index (χ3n) is 4.79. The number of fused-ring (bicyclic) bond motifs is 1. The maximum absolute atomic E-state index is 12.7. The summed E-state index contributed by atoms with van der Waals surface area (Å²) in [4.78, 5) is 29.6. The summed E-state index contributed by atoms with van der Waals surface area (Å²) >= 11 is 0. The van der Waals surface area contributed by atoms with E-state index in [1.807, 2.05) is 24.3 Å². The molecule has 0 radical (unpaired) electrons. The Balaban J connectivity index is 1.54. The number of carbonyl (C=O) groups is 1. The van der Waals surface area contributed by atoms with Gasteiger partial charge in [0.25, 0.3) is 5.56 Å². The standard InChI is InChI=1S/C22H23N7O2/c1-22(2,3)17-14-19(29(26-17)18-10-6-7-12-23-18)24-20(30)11-13-28-21(31)15-8-4-5-9-16(15)25-27-28/h4-10,12,14H,11,13H2,1-3H3,(H,24,30). The summed E-state index contributed by atoms with van der Waals surface area (Å²) in [5.74, 6) is 0.856. The molecule has 158 valence electrons. The largest absolute Gasteiger partial charge is 0.310 e. The molecule has 0 atom stereocenters. The average Bonchev–Trinajstić information content (AvgIpc) is 3.18. The maximum atomic E-state index is 12.7. The fourth-order valence-corrected chi connectivity index (χ4v) is 3.07. The Morgan fingerprint density at radius 1 is 1.10 bits per heavy atom. The van der Waals surface area contributed by atoms with Gasteiger partial charge < -0.3 is 5.32 Å². The smallest absolute Gasteiger partial charge is 0.277 e. The first kappa shape index (κ1) is 20.4. The molecule has 1 aromatic carbocycles. The SMILES string of the molecule is CC(C)(C)c1cc(NC(=O)CCn2nnc3ccccc3c2=O)n(-c2ccccn2)n1. The van der Waals surface area contributed by atoms with Crippen LogP contribution in [0, 0.1) is 0 Å². The number of benzene rings is 1. The quantitative estimate of drug-likeness (QED) is 0.535. The molecular formula is C22H23N7O2. The second kappa shape index (κ2) is 8.10. The topological polar surface area (TPSA) is 108 Å². The van der Waals surface area contributed by atoms with Crippen molar-refractivity contribution in [3.05, 3.63) is 70.8 Å². The normalized spacial score (nSPS) is 11.6. The number of pyridine rings is 1. The molecule has 0 saturated heterocycles. The zero-order chi connectivity index (χ0) is 22.0. The van der Waals surface area contributed by atoms with Crippen LogP contribution in [-0.4, -0.2) is 35.7 Å². The van der Waals surface area contributed by atoms with Crippen LogP contribution < -0.4 is 10.9 Å². The van der Waals surface area contributed by atoms with E-state index >= 15 is 0 Å². The molecule has 0 aliphatic rings. The van der Waals surface area contributed by atoms with Crippen LogP contribution in [0.2, 0.25) is 0 Å². The minimum atomic E-state index is -0.271. The van der Waals surface area contributed by atoms with Gasteiger partial charge in [0.2, 0.25) is 5.91 Å². The molecule has 9 nitrogen and oxygen atoms in total. The Labute approximate surface area is 178 Å². The monoisotopic (exact) mass is 417 g/mol. The third-order valence-corrected chi connectivity index (χ3v) is 4.79. The van der Waals surface area contributed by atoms with Gasteiger partial charge in [-0.2, -0.15) is 9.78 Å². The number of nitrogens with zero attached hydrogens (tertiary/aromatic N) is 6. The molecule has 0 bridgehead atoms. The number of hydrogen-bond acceptors (Lipinski definition) is 6. The van der Waals surface area contributed by atoms with Crippen molar-refractivity contribution < 1.29 is 4.79 Å². The van der Waals surface area contributed by atoms with E-state index in [1.54, 1.807) is 35.1 Å². The molecule has 0 aliphatic carbocycles. The van der Waals surface area contributed by atoms with Crippen molar-refractivity contribution >= 4 is 22.6 Å². The first-order valence-corrected chi connectivity index (χ1v) is 9.97. The van der Waals surface area contributed by atoms with Crippen molar-refractivity contribution in [1.82, 2.24) is 29.8 Å². The molecule has 3 aromatic heterocycles. The second-order valence-corrected chi connectivity index (χ2v) is 8.20. The second-order valence-electron chi connectivity index (χ2n) is 8.20. The maximum Gasteiger partial charge on any atom is 0.277 e. The Morgan fingerprint density at radius 3 is 2.61 bits per heavy atom. The van der Waals surface area contributed by atoms with Crippen molar-refractivity contribution in [2.24, 2.45) is 0 Å². The van der Waals surface area contributed by atoms with Crippen LogP contribution in [0.1, 0.15) is 32.9 Å². The van der Waals surface area contributed by atoms with Crippen molar-refractivity contribution in [3.8, 4) is 5.82 Å². The molecule has 0 saturated carbocycles. The van der Waals surface area contributed by atoms with E-state index in [0.717, 1.165) is 5.69 Å². The average molecular weight is 417 g/mol. The summed E-state index contributed by atoms with van der Waals surface area (Å²) in [7, 11) is 0. The highest BCUT2D eigenvalue weighted by molar-refractivity contribution is 5.90. The number of nitrogens with one attached hydrogen (secondary N) is 1. The highest BCUT2D eigenvalue weighted by Crippen LogP contribution is 2.25. The lowest BCUT2D eigenvalue weighted by molar-refractivity contribution is -0.116. The summed E-state index contributed by atoms with van der Waals surface area (Å²) < 4.78 is 2.82. The van der Waals surface area contributed by atoms with Crippen molar-refractivity contribution in [1.29, 1.82) is 0 Å². The summed E-state index contributed by atoms with van der Waals surface area (Å²) in [6.07, 6.45) is 1.73. The van der Waals surface area contributed by atoms with Gasteiger partial charge >= 0.3 is 0 Å². The molecule has 31 heavy (non-hydrogen) atoms. The Kier molecular flexibility index (Phi) is 5.33. The van der Waals surface area contributed by atoms with Gasteiger partial charge in [-0.1, -0.05) is 44.2 Å². The van der Waals surface area contributed by atoms with Crippen LogP contribution in [0.4, 0.5) is 5.82 Å². The fraction of sp³-hybridized carbons (Fsp3) is 0.273. The molecule has 4 rings (SSSR count). The molecule has 9 heteroatoms. The number of aryl methyl sites for hydroxylation is 1. The minimum Gasteiger partial charge on any atom is -0.310 e. The number of amides is 1. The number of carbonyl (C=O) groups excluding carboxylic acids is 1. The van der Waals surface area contributed by atoms with E-state index in [9.17, 15) is 9.59 Å². The first-order chi connectivity index (χ1) is 14.8. The highest BCUT2D eigenvalue weighted by atomic mass is 16.2. The number of rotatable bonds is 5. The van der Waals surface area contributed by atoms with Gasteiger partial charge in [-0.05, 0) is 24.3 Å². The van der Waals surface area contributed by atoms with Gasteiger partial charge in [-0.15, -0.1) is 5.10 Å². The van der Waals surface area contributed by atoms with Crippen molar-refractivity contribution in [3.63, 3.8) is 0 Å². The lowest BCUT2D eigenvalue weighted by Crippen LogP contribution is -2.26. The Hall–Kier alpha value is -3.88. The molecule has 0 spiro atoms. The van der Waals surface area contributed by atoms with Gasteiger partial charge in [-0.3, -0.25) is 9.59 Å². The Morgan fingerprint density at radius 2 is 1.87 bits per heavy atom. The van der Waals surface area contributed by atoms with Crippen molar-refractivity contribution in [2.75, 3.05) is 5.32 Å². The van der Waals surface area contributed by atoms with Gasteiger partial charge in [0.15, 0.2) is 5.82 Å². The predicted octanol–water partition coefficient (Wildman–Crippen LogP) is 2.70. The van der Waals surface area contributed by atoms with Crippen LogP contribution in [0.25, 0.3) is 16.7 Å². The first-order valence-electron chi connectivity index (χ1n) is 9.97. The van der Waals surface area contributed by atoms with E-state index in [2.05, 4.69) is 46.5 Å². The summed E-state index contributed by atoms with van der Waals surface area (Å²) in [5, 5.41) is 16.0. The van der Waals surface area contributed by atoms with E-state index in [-0.39, 0.29) is 29.8 Å². The number of hydrogen-bond donors (Lipinski definition) is 1. The molecule has 3 heterocycles. The van der Waals surface area contributed by atoms with E-state index in [1.165, 1.54) is 4.68 Å². The van der Waals surface area contributed by atoms with E-state index in [0.29, 0.717) is 22.5 Å². The zero-order valence-electron chi connectivity index (χ0n) is 17.6. The molecule has 0 unspecified atom stereocenters. The Bertz CT molecular complexity index is 1290. The fourth-order valence-electron chi connectivity index (χ4n) is 3.07. The third kappa shape index (κ3) is 4.35. The van der Waals surface area contributed by atoms with Gasteiger partial charge in [-0.25, -0.2) is 9.67 Å². The van der Waals surface area contributed by atoms with Crippen LogP contribution in [0.3, 0.4) is 0 Å². The lowest BCUT2D eigenvalue weighted by Gasteiger charge is -2.13. The molecule has 0 fully saturated rings. The van der Waals surface area contributed by atoms with Gasteiger partial charge in [0.1, 0.15) is 11.3 Å². The van der Waals surface area contributed by atoms with Crippen LogP contribution in [-0.2, 0) is 16.8 Å². The van der Waals surface area contributed by atoms with Crippen LogP contribution in [0.15, 0.2) is 59.5 Å². The van der Waals surface area contributed by atoms with Crippen molar-refractivity contribution in [2.45, 2.75) is 39.2 Å². The molecule has 1 N–H and O–H groups in total. The van der Waals surface area contributed by atoms with E-state index < -0.39 is 0 Å². The van der Waals surface area contributed by atoms with Gasteiger partial charge in [0.05, 0.1) is 17.6 Å². The molecule has 0 aliphatic heterocycles. The molecule has 1 amide bonds. The van der Waals surface area contributed by atoms with Crippen LogP contribution in [0.5, 0.6) is 0 Å². The molecular weight excluding hydrogens is 394 g/mol. The summed E-state index contributed by atoms with van der Waals surface area (Å²) in [6.45, 7) is 6.27. The lowest BCUT2D eigenvalue weighted by atomic mass is 9.92. The van der Waals surface area contributed by atoms with Crippen LogP contribution >= 0.6 is 0 Å². The number of aromatic nitrogens is 6. The summed E-state index contributed by atoms with van der Waals surface area (Å²) in [6, 6.07) is 14.3. The summed E-state index contributed by atoms with van der Waals surface area (Å²) in [5.41, 5.74) is 0.882. The molecule has 4 aromatic rings. The minimum absolute atomic E-state index is 0.0607. The van der Waals surface area contributed by atoms with Gasteiger partial charge in [0, 0.05) is 24.1 Å². The predicted molar refractivity (Wildman–Crippen MR) is 117 cm³/mol.